The lowest BCUT2D eigenvalue weighted by atomic mass is 9.96. The number of hydrogen-bond acceptors (Lipinski definition) is 2. The Labute approximate surface area is 112 Å². The lowest BCUT2D eigenvalue weighted by Crippen LogP contribution is -1.96. The molecule has 0 radical (unpaired) electrons. The number of Topliss-reactive ketones (excluding diaryl/α,β-unsaturated/α-hetero) is 2. The van der Waals surface area contributed by atoms with Crippen LogP contribution in [0.25, 0.3) is 11.1 Å². The Morgan fingerprint density at radius 2 is 1.74 bits per heavy atom. The first-order chi connectivity index (χ1) is 9.08. The second-order valence-corrected chi connectivity index (χ2v) is 5.00. The molecule has 0 heterocycles. The van der Waals surface area contributed by atoms with Gasteiger partial charge >= 0.3 is 0 Å². The largest absolute Gasteiger partial charge is 0.295 e. The highest BCUT2D eigenvalue weighted by atomic mass is 16.1. The summed E-state index contributed by atoms with van der Waals surface area (Å²) in [4.78, 5) is 23.2. The number of carbonyl (C=O) groups excluding carboxylic acids is 2. The summed E-state index contributed by atoms with van der Waals surface area (Å²) < 4.78 is 0. The Kier molecular flexibility index (Phi) is 2.59. The number of benzene rings is 2. The Morgan fingerprint density at radius 1 is 0.947 bits per heavy atom. The molecule has 0 fully saturated rings. The Balaban J connectivity index is 2.23. The zero-order valence-corrected chi connectivity index (χ0v) is 11.0. The standard InChI is InChI=1S/C17H14O2/c1-10(18)12-6-7-16-14(8-12)9-13-4-3-5-15(11(2)19)17(13)16/h3-8H,9H2,1-2H3. The van der Waals surface area contributed by atoms with Crippen LogP contribution in [0.1, 0.15) is 45.7 Å². The van der Waals surface area contributed by atoms with Gasteiger partial charge in [-0.2, -0.15) is 0 Å². The molecule has 0 atom stereocenters. The van der Waals surface area contributed by atoms with Gasteiger partial charge in [-0.1, -0.05) is 30.3 Å². The first-order valence-electron chi connectivity index (χ1n) is 6.35. The van der Waals surface area contributed by atoms with E-state index in [9.17, 15) is 9.59 Å². The first-order valence-corrected chi connectivity index (χ1v) is 6.35. The van der Waals surface area contributed by atoms with Gasteiger partial charge in [-0.05, 0) is 48.6 Å². The molecule has 3 rings (SSSR count). The zero-order chi connectivity index (χ0) is 13.6. The molecular weight excluding hydrogens is 236 g/mol. The average Bonchev–Trinajstić information content (AvgIpc) is 2.75. The molecule has 0 saturated heterocycles. The van der Waals surface area contributed by atoms with Crippen LogP contribution in [0.5, 0.6) is 0 Å². The molecule has 19 heavy (non-hydrogen) atoms. The summed E-state index contributed by atoms with van der Waals surface area (Å²) in [5.74, 6) is 0.158. The summed E-state index contributed by atoms with van der Waals surface area (Å²) >= 11 is 0. The fraction of sp³-hybridized carbons (Fsp3) is 0.176. The van der Waals surface area contributed by atoms with Crippen LogP contribution in [0, 0.1) is 0 Å². The molecule has 2 nitrogen and oxygen atoms in total. The van der Waals surface area contributed by atoms with Crippen LogP contribution in [0.4, 0.5) is 0 Å². The number of carbonyl (C=O) groups is 2. The second kappa shape index (κ2) is 4.16. The third-order valence-electron chi connectivity index (χ3n) is 3.69. The molecule has 0 bridgehead atoms. The van der Waals surface area contributed by atoms with Gasteiger partial charge in [-0.15, -0.1) is 0 Å². The van der Waals surface area contributed by atoms with Crippen molar-refractivity contribution in [1.82, 2.24) is 0 Å². The van der Waals surface area contributed by atoms with E-state index in [-0.39, 0.29) is 11.6 Å². The van der Waals surface area contributed by atoms with Crippen molar-refractivity contribution in [2.75, 3.05) is 0 Å². The lowest BCUT2D eigenvalue weighted by molar-refractivity contribution is 0.100. The molecule has 0 aliphatic heterocycles. The highest BCUT2D eigenvalue weighted by molar-refractivity contribution is 6.03. The number of hydrogen-bond donors (Lipinski definition) is 0. The van der Waals surface area contributed by atoms with Crippen LogP contribution >= 0.6 is 0 Å². The van der Waals surface area contributed by atoms with Crippen molar-refractivity contribution in [3.8, 4) is 11.1 Å². The van der Waals surface area contributed by atoms with E-state index in [1.807, 2.05) is 30.3 Å². The maximum atomic E-state index is 11.7. The van der Waals surface area contributed by atoms with E-state index >= 15 is 0 Å². The number of fused-ring (bicyclic) bond motifs is 3. The second-order valence-electron chi connectivity index (χ2n) is 5.00. The summed E-state index contributed by atoms with van der Waals surface area (Å²) in [6.45, 7) is 3.17. The van der Waals surface area contributed by atoms with Crippen LogP contribution in [-0.2, 0) is 6.42 Å². The molecule has 2 aromatic carbocycles. The van der Waals surface area contributed by atoms with Crippen LogP contribution < -0.4 is 0 Å². The van der Waals surface area contributed by atoms with Gasteiger partial charge in [0.15, 0.2) is 11.6 Å². The topological polar surface area (TPSA) is 34.1 Å². The Morgan fingerprint density at radius 3 is 2.42 bits per heavy atom. The lowest BCUT2D eigenvalue weighted by Gasteiger charge is -2.07. The van der Waals surface area contributed by atoms with Crippen molar-refractivity contribution in [2.24, 2.45) is 0 Å². The van der Waals surface area contributed by atoms with Crippen molar-refractivity contribution < 1.29 is 9.59 Å². The van der Waals surface area contributed by atoms with Crippen LogP contribution in [0.3, 0.4) is 0 Å². The summed E-state index contributed by atoms with van der Waals surface area (Å²) in [5.41, 5.74) is 5.94. The van der Waals surface area contributed by atoms with Gasteiger partial charge in [-0.3, -0.25) is 9.59 Å². The molecule has 1 aliphatic rings. The Bertz CT molecular complexity index is 711. The summed E-state index contributed by atoms with van der Waals surface area (Å²) in [6.07, 6.45) is 0.799. The van der Waals surface area contributed by atoms with Crippen molar-refractivity contribution in [3.63, 3.8) is 0 Å². The quantitative estimate of drug-likeness (QED) is 0.650. The normalized spacial score (nSPS) is 11.9. The van der Waals surface area contributed by atoms with E-state index in [2.05, 4.69) is 6.07 Å². The smallest absolute Gasteiger partial charge is 0.160 e. The van der Waals surface area contributed by atoms with E-state index in [0.29, 0.717) is 0 Å². The SMILES string of the molecule is CC(=O)c1ccc2c(c1)Cc1cccc(C(C)=O)c1-2. The number of rotatable bonds is 2. The van der Waals surface area contributed by atoms with Crippen LogP contribution in [-0.4, -0.2) is 11.6 Å². The van der Waals surface area contributed by atoms with Gasteiger partial charge in [0.25, 0.3) is 0 Å². The fourth-order valence-corrected chi connectivity index (χ4v) is 2.77. The molecule has 0 spiro atoms. The van der Waals surface area contributed by atoms with Crippen molar-refractivity contribution in [1.29, 1.82) is 0 Å². The molecule has 2 aromatic rings. The minimum atomic E-state index is 0.0746. The van der Waals surface area contributed by atoms with Crippen molar-refractivity contribution >= 4 is 11.6 Å². The first kappa shape index (κ1) is 11.8. The van der Waals surface area contributed by atoms with Gasteiger partial charge in [0.1, 0.15) is 0 Å². The van der Waals surface area contributed by atoms with Crippen LogP contribution in [0.2, 0.25) is 0 Å². The highest BCUT2D eigenvalue weighted by Crippen LogP contribution is 2.39. The molecule has 94 valence electrons. The monoisotopic (exact) mass is 250 g/mol. The summed E-state index contributed by atoms with van der Waals surface area (Å²) in [5, 5.41) is 0. The Hall–Kier alpha value is -2.22. The van der Waals surface area contributed by atoms with Gasteiger partial charge < -0.3 is 0 Å². The van der Waals surface area contributed by atoms with E-state index in [1.165, 1.54) is 5.56 Å². The van der Waals surface area contributed by atoms with Gasteiger partial charge in [0, 0.05) is 11.1 Å². The van der Waals surface area contributed by atoms with E-state index in [4.69, 9.17) is 0 Å². The average molecular weight is 250 g/mol. The minimum Gasteiger partial charge on any atom is -0.295 e. The van der Waals surface area contributed by atoms with Gasteiger partial charge in [0.05, 0.1) is 0 Å². The summed E-state index contributed by atoms with van der Waals surface area (Å²) in [7, 11) is 0. The summed E-state index contributed by atoms with van der Waals surface area (Å²) in [6, 6.07) is 11.6. The number of ketones is 2. The molecular formula is C17H14O2. The predicted molar refractivity (Wildman–Crippen MR) is 74.7 cm³/mol. The van der Waals surface area contributed by atoms with Gasteiger partial charge in [-0.25, -0.2) is 0 Å². The third-order valence-corrected chi connectivity index (χ3v) is 3.69. The van der Waals surface area contributed by atoms with Crippen molar-refractivity contribution in [2.45, 2.75) is 20.3 Å². The maximum Gasteiger partial charge on any atom is 0.160 e. The zero-order valence-electron chi connectivity index (χ0n) is 11.0. The molecule has 2 heteroatoms. The molecule has 0 N–H and O–H groups in total. The fourth-order valence-electron chi connectivity index (χ4n) is 2.77. The van der Waals surface area contributed by atoms with Crippen molar-refractivity contribution in [3.05, 3.63) is 58.7 Å². The molecule has 1 aliphatic carbocycles. The molecule has 0 amide bonds. The van der Waals surface area contributed by atoms with E-state index < -0.39 is 0 Å². The molecule has 0 unspecified atom stereocenters. The minimum absolute atomic E-state index is 0.0746. The maximum absolute atomic E-state index is 11.7. The predicted octanol–water partition coefficient (Wildman–Crippen LogP) is 3.66. The van der Waals surface area contributed by atoms with E-state index in [1.54, 1.807) is 13.8 Å². The molecule has 0 saturated carbocycles. The van der Waals surface area contributed by atoms with E-state index in [0.717, 1.165) is 34.2 Å². The van der Waals surface area contributed by atoms with Gasteiger partial charge in [0.2, 0.25) is 0 Å². The van der Waals surface area contributed by atoms with Crippen LogP contribution in [0.15, 0.2) is 36.4 Å². The molecule has 0 aromatic heterocycles. The highest BCUT2D eigenvalue weighted by Gasteiger charge is 2.23. The third kappa shape index (κ3) is 1.80.